The summed E-state index contributed by atoms with van der Waals surface area (Å²) in [5, 5.41) is 0. The van der Waals surface area contributed by atoms with E-state index in [2.05, 4.69) is 0 Å². The molecule has 4 nitrogen and oxygen atoms in total. The minimum absolute atomic E-state index is 0.0807. The summed E-state index contributed by atoms with van der Waals surface area (Å²) in [7, 11) is 1.68. The van der Waals surface area contributed by atoms with Gasteiger partial charge in [-0.1, -0.05) is 12.1 Å². The SMILES string of the molecule is CCOC(CN)CCOc1cccc(COC)c1. The van der Waals surface area contributed by atoms with E-state index in [1.165, 1.54) is 0 Å². The van der Waals surface area contributed by atoms with Crippen molar-refractivity contribution in [2.45, 2.75) is 26.1 Å². The average Bonchev–Trinajstić information content (AvgIpc) is 2.38. The zero-order valence-corrected chi connectivity index (χ0v) is 11.2. The van der Waals surface area contributed by atoms with E-state index in [-0.39, 0.29) is 6.10 Å². The van der Waals surface area contributed by atoms with Crippen LogP contribution in [0, 0.1) is 0 Å². The molecule has 1 rings (SSSR count). The van der Waals surface area contributed by atoms with Crippen LogP contribution in [0.3, 0.4) is 0 Å². The molecule has 1 unspecified atom stereocenters. The molecule has 1 aromatic rings. The summed E-state index contributed by atoms with van der Waals surface area (Å²) < 4.78 is 16.2. The van der Waals surface area contributed by atoms with Gasteiger partial charge in [0.1, 0.15) is 5.75 Å². The monoisotopic (exact) mass is 253 g/mol. The first-order valence-electron chi connectivity index (χ1n) is 6.32. The van der Waals surface area contributed by atoms with Gasteiger partial charge in [-0.3, -0.25) is 0 Å². The van der Waals surface area contributed by atoms with E-state index in [0.29, 0.717) is 26.4 Å². The van der Waals surface area contributed by atoms with Gasteiger partial charge in [-0.15, -0.1) is 0 Å². The number of rotatable bonds is 9. The van der Waals surface area contributed by atoms with Crippen LogP contribution in [0.5, 0.6) is 5.75 Å². The van der Waals surface area contributed by atoms with Crippen molar-refractivity contribution in [3.05, 3.63) is 29.8 Å². The van der Waals surface area contributed by atoms with Gasteiger partial charge in [0.15, 0.2) is 0 Å². The van der Waals surface area contributed by atoms with Crippen molar-refractivity contribution in [1.82, 2.24) is 0 Å². The quantitative estimate of drug-likeness (QED) is 0.731. The summed E-state index contributed by atoms with van der Waals surface area (Å²) in [6, 6.07) is 7.91. The van der Waals surface area contributed by atoms with Crippen LogP contribution < -0.4 is 10.5 Å². The summed E-state index contributed by atoms with van der Waals surface area (Å²) in [4.78, 5) is 0. The second-order valence-corrected chi connectivity index (χ2v) is 4.03. The second kappa shape index (κ2) is 8.91. The summed E-state index contributed by atoms with van der Waals surface area (Å²) in [6.07, 6.45) is 0.885. The molecule has 0 radical (unpaired) electrons. The van der Waals surface area contributed by atoms with Gasteiger partial charge in [0, 0.05) is 26.7 Å². The van der Waals surface area contributed by atoms with E-state index in [9.17, 15) is 0 Å². The molecular formula is C14H23NO3. The molecule has 0 aliphatic heterocycles. The second-order valence-electron chi connectivity index (χ2n) is 4.03. The van der Waals surface area contributed by atoms with E-state index in [0.717, 1.165) is 17.7 Å². The van der Waals surface area contributed by atoms with Crippen molar-refractivity contribution in [2.24, 2.45) is 5.73 Å². The molecule has 102 valence electrons. The summed E-state index contributed by atoms with van der Waals surface area (Å²) in [5.74, 6) is 0.858. The Bertz CT molecular complexity index is 331. The molecule has 0 fully saturated rings. The lowest BCUT2D eigenvalue weighted by atomic mass is 10.2. The van der Waals surface area contributed by atoms with E-state index in [4.69, 9.17) is 19.9 Å². The van der Waals surface area contributed by atoms with Crippen molar-refractivity contribution in [3.63, 3.8) is 0 Å². The van der Waals surface area contributed by atoms with E-state index in [1.807, 2.05) is 31.2 Å². The summed E-state index contributed by atoms with van der Waals surface area (Å²) in [5.41, 5.74) is 6.71. The van der Waals surface area contributed by atoms with Crippen molar-refractivity contribution in [1.29, 1.82) is 0 Å². The molecule has 1 aromatic carbocycles. The van der Waals surface area contributed by atoms with Crippen LogP contribution in [0.2, 0.25) is 0 Å². The fraction of sp³-hybridized carbons (Fsp3) is 0.571. The van der Waals surface area contributed by atoms with Gasteiger partial charge >= 0.3 is 0 Å². The van der Waals surface area contributed by atoms with Gasteiger partial charge in [-0.05, 0) is 24.6 Å². The van der Waals surface area contributed by atoms with Gasteiger partial charge < -0.3 is 19.9 Å². The van der Waals surface area contributed by atoms with Gasteiger partial charge in [-0.25, -0.2) is 0 Å². The third-order valence-corrected chi connectivity index (χ3v) is 2.58. The van der Waals surface area contributed by atoms with E-state index >= 15 is 0 Å². The molecular weight excluding hydrogens is 230 g/mol. The standard InChI is InChI=1S/C14H23NO3/c1-3-17-14(10-15)7-8-18-13-6-4-5-12(9-13)11-16-2/h4-6,9,14H,3,7-8,10-11,15H2,1-2H3. The molecule has 18 heavy (non-hydrogen) atoms. The van der Waals surface area contributed by atoms with Crippen LogP contribution in [0.25, 0.3) is 0 Å². The fourth-order valence-electron chi connectivity index (χ4n) is 1.70. The summed E-state index contributed by atoms with van der Waals surface area (Å²) >= 11 is 0. The van der Waals surface area contributed by atoms with Gasteiger partial charge in [0.2, 0.25) is 0 Å². The first kappa shape index (κ1) is 15.0. The predicted molar refractivity (Wildman–Crippen MR) is 71.7 cm³/mol. The molecule has 2 N–H and O–H groups in total. The average molecular weight is 253 g/mol. The fourth-order valence-corrected chi connectivity index (χ4v) is 1.70. The highest BCUT2D eigenvalue weighted by Gasteiger charge is 2.06. The number of hydrogen-bond acceptors (Lipinski definition) is 4. The molecule has 0 saturated carbocycles. The van der Waals surface area contributed by atoms with Crippen LogP contribution in [-0.2, 0) is 16.1 Å². The van der Waals surface area contributed by atoms with Crippen LogP contribution in [0.1, 0.15) is 18.9 Å². The van der Waals surface area contributed by atoms with Crippen LogP contribution in [0.15, 0.2) is 24.3 Å². The molecule has 0 amide bonds. The summed E-state index contributed by atoms with van der Waals surface area (Å²) in [6.45, 7) is 4.39. The Morgan fingerprint density at radius 2 is 2.17 bits per heavy atom. The maximum atomic E-state index is 5.68. The molecule has 0 bridgehead atoms. The predicted octanol–water partition coefficient (Wildman–Crippen LogP) is 1.97. The normalized spacial score (nSPS) is 12.4. The van der Waals surface area contributed by atoms with Crippen LogP contribution >= 0.6 is 0 Å². The lowest BCUT2D eigenvalue weighted by Crippen LogP contribution is -2.25. The Kier molecular flexibility index (Phi) is 7.41. The molecule has 0 aliphatic rings. The highest BCUT2D eigenvalue weighted by atomic mass is 16.5. The highest BCUT2D eigenvalue weighted by molar-refractivity contribution is 5.28. The van der Waals surface area contributed by atoms with Gasteiger partial charge in [0.25, 0.3) is 0 Å². The van der Waals surface area contributed by atoms with Crippen LogP contribution in [-0.4, -0.2) is 33.0 Å². The molecule has 0 aromatic heterocycles. The molecule has 0 heterocycles. The first-order valence-corrected chi connectivity index (χ1v) is 6.32. The largest absolute Gasteiger partial charge is 0.493 e. The number of ether oxygens (including phenoxy) is 3. The molecule has 1 atom stereocenters. The topological polar surface area (TPSA) is 53.7 Å². The van der Waals surface area contributed by atoms with E-state index < -0.39 is 0 Å². The van der Waals surface area contributed by atoms with E-state index in [1.54, 1.807) is 7.11 Å². The number of benzene rings is 1. The molecule has 0 aliphatic carbocycles. The molecule has 4 heteroatoms. The van der Waals surface area contributed by atoms with Gasteiger partial charge in [-0.2, -0.15) is 0 Å². The first-order chi connectivity index (χ1) is 8.80. The number of hydrogen-bond donors (Lipinski definition) is 1. The number of nitrogens with two attached hydrogens (primary N) is 1. The Labute approximate surface area is 109 Å². The minimum atomic E-state index is 0.0807. The lowest BCUT2D eigenvalue weighted by Gasteiger charge is -2.15. The Morgan fingerprint density at radius 1 is 1.33 bits per heavy atom. The zero-order chi connectivity index (χ0) is 13.2. The Balaban J connectivity index is 2.36. The van der Waals surface area contributed by atoms with Gasteiger partial charge in [0.05, 0.1) is 19.3 Å². The Hall–Kier alpha value is -1.10. The minimum Gasteiger partial charge on any atom is -0.493 e. The third kappa shape index (κ3) is 5.49. The maximum absolute atomic E-state index is 5.68. The Morgan fingerprint density at radius 3 is 2.83 bits per heavy atom. The smallest absolute Gasteiger partial charge is 0.119 e. The highest BCUT2D eigenvalue weighted by Crippen LogP contribution is 2.14. The maximum Gasteiger partial charge on any atom is 0.119 e. The third-order valence-electron chi connectivity index (χ3n) is 2.58. The van der Waals surface area contributed by atoms with Crippen molar-refractivity contribution in [3.8, 4) is 5.75 Å². The lowest BCUT2D eigenvalue weighted by molar-refractivity contribution is 0.0526. The molecule has 0 spiro atoms. The van der Waals surface area contributed by atoms with Crippen molar-refractivity contribution < 1.29 is 14.2 Å². The van der Waals surface area contributed by atoms with Crippen molar-refractivity contribution in [2.75, 3.05) is 26.9 Å². The molecule has 0 saturated heterocycles. The van der Waals surface area contributed by atoms with Crippen LogP contribution in [0.4, 0.5) is 0 Å². The van der Waals surface area contributed by atoms with Crippen molar-refractivity contribution >= 4 is 0 Å². The number of methoxy groups -OCH3 is 1. The zero-order valence-electron chi connectivity index (χ0n) is 11.2.